The molecule has 0 amide bonds. The van der Waals surface area contributed by atoms with Crippen molar-refractivity contribution in [2.24, 2.45) is 7.05 Å². The van der Waals surface area contributed by atoms with Gasteiger partial charge in [-0.2, -0.15) is 9.40 Å². The summed E-state index contributed by atoms with van der Waals surface area (Å²) in [6.45, 7) is 2.09. The Kier molecular flexibility index (Phi) is 4.85. The number of hydrogen-bond acceptors (Lipinski definition) is 5. The highest BCUT2D eigenvalue weighted by molar-refractivity contribution is 7.89. The summed E-state index contributed by atoms with van der Waals surface area (Å²) >= 11 is 0. The Morgan fingerprint density at radius 2 is 2.22 bits per heavy atom. The summed E-state index contributed by atoms with van der Waals surface area (Å²) in [5.41, 5.74) is 0. The molecule has 1 aromatic rings. The minimum absolute atomic E-state index is 0.0292. The van der Waals surface area contributed by atoms with Crippen LogP contribution in [0.1, 0.15) is 13.3 Å². The van der Waals surface area contributed by atoms with E-state index in [9.17, 15) is 13.2 Å². The van der Waals surface area contributed by atoms with Crippen LogP contribution in [0.4, 0.5) is 0 Å². The quantitative estimate of drug-likeness (QED) is 0.682. The molecule has 8 heteroatoms. The maximum Gasteiger partial charge on any atom is 0.306 e. The van der Waals surface area contributed by atoms with Crippen molar-refractivity contribution in [3.8, 4) is 0 Å². The van der Waals surface area contributed by atoms with E-state index in [-0.39, 0.29) is 24.5 Å². The van der Waals surface area contributed by atoms with Crippen LogP contribution in [-0.4, -0.2) is 48.7 Å². The summed E-state index contributed by atoms with van der Waals surface area (Å²) in [4.78, 5) is 11.1. The number of methoxy groups -OCH3 is 1. The molecule has 1 aromatic heterocycles. The summed E-state index contributed by atoms with van der Waals surface area (Å²) in [5.74, 6) is -0.436. The predicted octanol–water partition coefficient (Wildman–Crippen LogP) is -0.00620. The Morgan fingerprint density at radius 1 is 1.56 bits per heavy atom. The molecule has 0 aromatic carbocycles. The Bertz CT molecular complexity index is 509. The lowest BCUT2D eigenvalue weighted by molar-refractivity contribution is -0.140. The van der Waals surface area contributed by atoms with Gasteiger partial charge in [-0.05, 0) is 6.07 Å². The van der Waals surface area contributed by atoms with E-state index >= 15 is 0 Å². The van der Waals surface area contributed by atoms with Gasteiger partial charge in [0.15, 0.2) is 5.03 Å². The SMILES string of the molecule is CCN(CCC(=O)OC)S(=O)(=O)c1ccnn1C. The normalized spacial score (nSPS) is 11.8. The zero-order valence-electron chi connectivity index (χ0n) is 10.7. The average Bonchev–Trinajstić information content (AvgIpc) is 2.76. The van der Waals surface area contributed by atoms with E-state index in [2.05, 4.69) is 9.84 Å². The zero-order valence-corrected chi connectivity index (χ0v) is 11.5. The molecule has 1 heterocycles. The number of sulfonamides is 1. The highest BCUT2D eigenvalue weighted by Gasteiger charge is 2.26. The van der Waals surface area contributed by atoms with Gasteiger partial charge in [0.05, 0.1) is 19.7 Å². The lowest BCUT2D eigenvalue weighted by atomic mass is 10.4. The molecule has 0 spiro atoms. The number of carbonyl (C=O) groups is 1. The second kappa shape index (κ2) is 5.96. The largest absolute Gasteiger partial charge is 0.469 e. The van der Waals surface area contributed by atoms with Crippen LogP contribution < -0.4 is 0 Å². The average molecular weight is 275 g/mol. The monoisotopic (exact) mass is 275 g/mol. The third-order valence-electron chi connectivity index (χ3n) is 2.53. The van der Waals surface area contributed by atoms with Gasteiger partial charge in [-0.25, -0.2) is 8.42 Å². The van der Waals surface area contributed by atoms with Crippen LogP contribution in [0.25, 0.3) is 0 Å². The van der Waals surface area contributed by atoms with Crippen LogP contribution in [-0.2, 0) is 26.6 Å². The van der Waals surface area contributed by atoms with Gasteiger partial charge in [0, 0.05) is 20.1 Å². The molecular weight excluding hydrogens is 258 g/mol. The molecule has 0 aliphatic carbocycles. The lowest BCUT2D eigenvalue weighted by Crippen LogP contribution is -2.34. The number of esters is 1. The Balaban J connectivity index is 2.88. The standard InChI is InChI=1S/C10H17N3O4S/c1-4-13(8-6-10(14)17-3)18(15,16)9-5-7-11-12(9)2/h5,7H,4,6,8H2,1-3H3. The molecule has 0 saturated heterocycles. The molecule has 1 rings (SSSR count). The topological polar surface area (TPSA) is 81.5 Å². The van der Waals surface area contributed by atoms with Crippen LogP contribution in [0.5, 0.6) is 0 Å². The number of nitrogens with zero attached hydrogens (tertiary/aromatic N) is 3. The molecule has 0 N–H and O–H groups in total. The van der Waals surface area contributed by atoms with E-state index in [1.807, 2.05) is 0 Å². The van der Waals surface area contributed by atoms with Gasteiger partial charge in [-0.3, -0.25) is 9.48 Å². The van der Waals surface area contributed by atoms with Gasteiger partial charge >= 0.3 is 5.97 Å². The number of aromatic nitrogens is 2. The van der Waals surface area contributed by atoms with Crippen molar-refractivity contribution >= 4 is 16.0 Å². The molecule has 0 aliphatic rings. The molecule has 18 heavy (non-hydrogen) atoms. The maximum absolute atomic E-state index is 12.3. The highest BCUT2D eigenvalue weighted by Crippen LogP contribution is 2.14. The van der Waals surface area contributed by atoms with E-state index in [0.717, 1.165) is 0 Å². The summed E-state index contributed by atoms with van der Waals surface area (Å²) in [7, 11) is -0.788. The maximum atomic E-state index is 12.3. The number of ether oxygens (including phenoxy) is 1. The van der Waals surface area contributed by atoms with Crippen LogP contribution in [0, 0.1) is 0 Å². The second-order valence-electron chi connectivity index (χ2n) is 3.62. The van der Waals surface area contributed by atoms with Gasteiger partial charge < -0.3 is 4.74 Å². The third-order valence-corrected chi connectivity index (χ3v) is 4.58. The zero-order chi connectivity index (χ0) is 13.8. The van der Waals surface area contributed by atoms with Gasteiger partial charge in [0.2, 0.25) is 0 Å². The van der Waals surface area contributed by atoms with E-state index in [4.69, 9.17) is 0 Å². The number of aryl methyl sites for hydroxylation is 1. The number of carbonyl (C=O) groups excluding carboxylic acids is 1. The minimum Gasteiger partial charge on any atom is -0.469 e. The first-order chi connectivity index (χ1) is 8.43. The second-order valence-corrected chi connectivity index (χ2v) is 5.50. The third kappa shape index (κ3) is 3.08. The highest BCUT2D eigenvalue weighted by atomic mass is 32.2. The molecule has 0 fully saturated rings. The van der Waals surface area contributed by atoms with Crippen molar-refractivity contribution in [3.05, 3.63) is 12.3 Å². The predicted molar refractivity (Wildman–Crippen MR) is 64.3 cm³/mol. The van der Waals surface area contributed by atoms with E-state index in [0.29, 0.717) is 0 Å². The van der Waals surface area contributed by atoms with Crippen LogP contribution >= 0.6 is 0 Å². The fraction of sp³-hybridized carbons (Fsp3) is 0.600. The van der Waals surface area contributed by atoms with Crippen molar-refractivity contribution in [2.75, 3.05) is 20.2 Å². The summed E-state index contributed by atoms with van der Waals surface area (Å²) < 4.78 is 31.5. The Hall–Kier alpha value is -1.41. The van der Waals surface area contributed by atoms with Crippen LogP contribution in [0.2, 0.25) is 0 Å². The number of rotatable bonds is 6. The molecule has 0 radical (unpaired) electrons. The molecule has 0 saturated carbocycles. The smallest absolute Gasteiger partial charge is 0.306 e. The summed E-state index contributed by atoms with van der Waals surface area (Å²) in [5, 5.41) is 3.94. The van der Waals surface area contributed by atoms with E-state index < -0.39 is 16.0 Å². The fourth-order valence-corrected chi connectivity index (χ4v) is 3.06. The minimum atomic E-state index is -3.62. The van der Waals surface area contributed by atoms with Gasteiger partial charge in [-0.1, -0.05) is 6.92 Å². The van der Waals surface area contributed by atoms with Crippen molar-refractivity contribution in [3.63, 3.8) is 0 Å². The first-order valence-electron chi connectivity index (χ1n) is 5.48. The molecular formula is C10H17N3O4S. The molecule has 0 unspecified atom stereocenters. The lowest BCUT2D eigenvalue weighted by Gasteiger charge is -2.19. The molecule has 0 aliphatic heterocycles. The molecule has 0 bridgehead atoms. The van der Waals surface area contributed by atoms with Gasteiger partial charge in [0.25, 0.3) is 10.0 Å². The molecule has 0 atom stereocenters. The van der Waals surface area contributed by atoms with Gasteiger partial charge in [-0.15, -0.1) is 0 Å². The first kappa shape index (κ1) is 14.7. The van der Waals surface area contributed by atoms with Crippen molar-refractivity contribution < 1.29 is 17.9 Å². The van der Waals surface area contributed by atoms with Crippen molar-refractivity contribution in [1.29, 1.82) is 0 Å². The van der Waals surface area contributed by atoms with Crippen molar-refractivity contribution in [2.45, 2.75) is 18.4 Å². The van der Waals surface area contributed by atoms with E-state index in [1.54, 1.807) is 14.0 Å². The molecule has 102 valence electrons. The van der Waals surface area contributed by atoms with Crippen molar-refractivity contribution in [1.82, 2.24) is 14.1 Å². The fourth-order valence-electron chi connectivity index (χ4n) is 1.51. The van der Waals surface area contributed by atoms with Crippen LogP contribution in [0.15, 0.2) is 17.3 Å². The Labute approximate surface area is 106 Å². The van der Waals surface area contributed by atoms with Crippen LogP contribution in [0.3, 0.4) is 0 Å². The molecule has 7 nitrogen and oxygen atoms in total. The summed E-state index contributed by atoms with van der Waals surface area (Å²) in [6, 6.07) is 1.43. The Morgan fingerprint density at radius 3 is 2.67 bits per heavy atom. The number of hydrogen-bond donors (Lipinski definition) is 0. The first-order valence-corrected chi connectivity index (χ1v) is 6.92. The van der Waals surface area contributed by atoms with Gasteiger partial charge in [0.1, 0.15) is 0 Å². The van der Waals surface area contributed by atoms with E-state index in [1.165, 1.54) is 28.4 Å². The summed E-state index contributed by atoms with van der Waals surface area (Å²) in [6.07, 6.45) is 1.45.